The van der Waals surface area contributed by atoms with Gasteiger partial charge in [-0.1, -0.05) is 17.7 Å². The smallest absolute Gasteiger partial charge is 0.0716 e. The van der Waals surface area contributed by atoms with Crippen molar-refractivity contribution in [3.63, 3.8) is 0 Å². The molecule has 0 spiro atoms. The molecule has 1 aromatic rings. The first-order chi connectivity index (χ1) is 8.77. The molecule has 18 heavy (non-hydrogen) atoms. The van der Waals surface area contributed by atoms with Crippen LogP contribution in [0.3, 0.4) is 0 Å². The molecule has 2 N–H and O–H groups in total. The third-order valence-electron chi connectivity index (χ3n) is 3.63. The van der Waals surface area contributed by atoms with Crippen LogP contribution in [0.5, 0.6) is 0 Å². The highest BCUT2D eigenvalue weighted by Gasteiger charge is 2.26. The number of halogens is 1. The van der Waals surface area contributed by atoms with Crippen molar-refractivity contribution in [1.82, 2.24) is 0 Å². The molecule has 1 aromatic carbocycles. The molecule has 4 heteroatoms. The fraction of sp³-hybridized carbons (Fsp3) is 0.571. The molecule has 0 unspecified atom stereocenters. The quantitative estimate of drug-likeness (QED) is 0.834. The van der Waals surface area contributed by atoms with E-state index in [0.29, 0.717) is 11.1 Å². The Labute approximate surface area is 113 Å². The van der Waals surface area contributed by atoms with Crippen molar-refractivity contribution >= 4 is 17.3 Å². The summed E-state index contributed by atoms with van der Waals surface area (Å²) in [5.41, 5.74) is 1.81. The topological polar surface area (TPSA) is 43.7 Å². The van der Waals surface area contributed by atoms with Crippen molar-refractivity contribution in [3.8, 4) is 0 Å². The first-order valence-corrected chi connectivity index (χ1v) is 6.91. The van der Waals surface area contributed by atoms with Gasteiger partial charge in [-0.2, -0.15) is 0 Å². The van der Waals surface area contributed by atoms with Crippen LogP contribution in [0.4, 0.5) is 5.69 Å². The van der Waals surface area contributed by atoms with Gasteiger partial charge in [-0.05, 0) is 37.8 Å². The maximum absolute atomic E-state index is 9.49. The maximum atomic E-state index is 9.49. The molecule has 1 fully saturated rings. The minimum Gasteiger partial charge on any atom is -0.396 e. The highest BCUT2D eigenvalue weighted by atomic mass is 35.5. The fourth-order valence-corrected chi connectivity index (χ4v) is 2.64. The summed E-state index contributed by atoms with van der Waals surface area (Å²) < 4.78 is 0. The predicted octanol–water partition coefficient (Wildman–Crippen LogP) is 2.57. The Hall–Kier alpha value is -0.770. The first kappa shape index (κ1) is 13.7. The van der Waals surface area contributed by atoms with Gasteiger partial charge in [0.05, 0.1) is 6.61 Å². The molecule has 0 heterocycles. The molecule has 1 saturated carbocycles. The van der Waals surface area contributed by atoms with Crippen molar-refractivity contribution in [2.75, 3.05) is 18.1 Å². The number of rotatable bonds is 6. The highest BCUT2D eigenvalue weighted by molar-refractivity contribution is 6.31. The number of anilines is 1. The zero-order chi connectivity index (χ0) is 13.0. The average molecular weight is 270 g/mol. The molecule has 0 aromatic heterocycles. The summed E-state index contributed by atoms with van der Waals surface area (Å²) in [7, 11) is 0. The Morgan fingerprint density at radius 3 is 2.61 bits per heavy atom. The van der Waals surface area contributed by atoms with Crippen LogP contribution in [-0.2, 0) is 6.61 Å². The van der Waals surface area contributed by atoms with Crippen LogP contribution in [0.15, 0.2) is 18.2 Å². The van der Waals surface area contributed by atoms with Gasteiger partial charge in [0.2, 0.25) is 0 Å². The lowest BCUT2D eigenvalue weighted by Gasteiger charge is -2.40. The zero-order valence-electron chi connectivity index (χ0n) is 10.5. The van der Waals surface area contributed by atoms with Gasteiger partial charge in [0.1, 0.15) is 0 Å². The summed E-state index contributed by atoms with van der Waals surface area (Å²) in [5, 5.41) is 19.1. The van der Waals surface area contributed by atoms with E-state index < -0.39 is 0 Å². The van der Waals surface area contributed by atoms with Crippen LogP contribution in [-0.4, -0.2) is 29.4 Å². The predicted molar refractivity (Wildman–Crippen MR) is 74.1 cm³/mol. The Morgan fingerprint density at radius 2 is 2.06 bits per heavy atom. The van der Waals surface area contributed by atoms with Crippen LogP contribution in [0.1, 0.15) is 31.2 Å². The Morgan fingerprint density at radius 1 is 1.28 bits per heavy atom. The Kier molecular flexibility index (Phi) is 4.87. The summed E-state index contributed by atoms with van der Waals surface area (Å²) in [6, 6.07) is 6.26. The van der Waals surface area contributed by atoms with Crippen molar-refractivity contribution in [2.24, 2.45) is 0 Å². The SMILES string of the molecule is OCCCN(c1cccc(Cl)c1CO)C1CCC1. The van der Waals surface area contributed by atoms with E-state index >= 15 is 0 Å². The second-order valence-corrected chi connectivity index (χ2v) is 5.16. The molecular weight excluding hydrogens is 250 g/mol. The van der Waals surface area contributed by atoms with Crippen molar-refractivity contribution in [1.29, 1.82) is 0 Å². The maximum Gasteiger partial charge on any atom is 0.0716 e. The van der Waals surface area contributed by atoms with Crippen LogP contribution in [0.2, 0.25) is 5.02 Å². The van der Waals surface area contributed by atoms with Gasteiger partial charge >= 0.3 is 0 Å². The lowest BCUT2D eigenvalue weighted by atomic mass is 9.90. The summed E-state index contributed by atoms with van der Waals surface area (Å²) >= 11 is 6.14. The second-order valence-electron chi connectivity index (χ2n) is 4.75. The zero-order valence-corrected chi connectivity index (χ0v) is 11.2. The minimum absolute atomic E-state index is 0.0443. The molecule has 0 aliphatic heterocycles. The van der Waals surface area contributed by atoms with Crippen molar-refractivity contribution in [3.05, 3.63) is 28.8 Å². The molecule has 1 aliphatic rings. The van der Waals surface area contributed by atoms with Gasteiger partial charge in [0.25, 0.3) is 0 Å². The van der Waals surface area contributed by atoms with E-state index in [4.69, 9.17) is 16.7 Å². The van der Waals surface area contributed by atoms with Crippen LogP contribution in [0.25, 0.3) is 0 Å². The van der Waals surface area contributed by atoms with Gasteiger partial charge in [0.15, 0.2) is 0 Å². The fourth-order valence-electron chi connectivity index (χ4n) is 2.41. The number of hydrogen-bond acceptors (Lipinski definition) is 3. The monoisotopic (exact) mass is 269 g/mol. The van der Waals surface area contributed by atoms with Crippen LogP contribution < -0.4 is 4.90 Å². The molecule has 1 aliphatic carbocycles. The van der Waals surface area contributed by atoms with E-state index in [-0.39, 0.29) is 13.2 Å². The number of benzene rings is 1. The number of hydrogen-bond donors (Lipinski definition) is 2. The number of aliphatic hydroxyl groups excluding tert-OH is 2. The van der Waals surface area contributed by atoms with Crippen LogP contribution >= 0.6 is 11.6 Å². The Balaban J connectivity index is 2.25. The molecular formula is C14H20ClNO2. The van der Waals surface area contributed by atoms with E-state index in [9.17, 15) is 5.11 Å². The van der Waals surface area contributed by atoms with E-state index in [1.165, 1.54) is 19.3 Å². The third kappa shape index (κ3) is 2.79. The molecule has 0 bridgehead atoms. The molecule has 0 saturated heterocycles. The van der Waals surface area contributed by atoms with Gasteiger partial charge in [-0.3, -0.25) is 0 Å². The number of nitrogens with zero attached hydrogens (tertiary/aromatic N) is 1. The lowest BCUT2D eigenvalue weighted by molar-refractivity contribution is 0.277. The van der Waals surface area contributed by atoms with Crippen molar-refractivity contribution < 1.29 is 10.2 Å². The van der Waals surface area contributed by atoms with Gasteiger partial charge in [-0.15, -0.1) is 0 Å². The summed E-state index contributed by atoms with van der Waals surface area (Å²) in [4.78, 5) is 2.29. The number of aliphatic hydroxyl groups is 2. The first-order valence-electron chi connectivity index (χ1n) is 6.53. The summed E-state index contributed by atoms with van der Waals surface area (Å²) in [6.07, 6.45) is 4.37. The largest absolute Gasteiger partial charge is 0.396 e. The van der Waals surface area contributed by atoms with Crippen molar-refractivity contribution in [2.45, 2.75) is 38.3 Å². The van der Waals surface area contributed by atoms with E-state index in [0.717, 1.165) is 24.2 Å². The molecule has 0 radical (unpaired) electrons. The molecule has 3 nitrogen and oxygen atoms in total. The standard InChI is InChI=1S/C14H20ClNO2/c15-13-6-2-7-14(12(13)10-18)16(8-3-9-17)11-4-1-5-11/h2,6-7,11,17-18H,1,3-5,8-10H2. The summed E-state index contributed by atoms with van der Waals surface area (Å²) in [5.74, 6) is 0. The highest BCUT2D eigenvalue weighted by Crippen LogP contribution is 2.34. The second kappa shape index (κ2) is 6.41. The molecule has 100 valence electrons. The lowest BCUT2D eigenvalue weighted by Crippen LogP contribution is -2.41. The normalized spacial score (nSPS) is 15.5. The van der Waals surface area contributed by atoms with E-state index in [1.54, 1.807) is 0 Å². The summed E-state index contributed by atoms with van der Waals surface area (Å²) in [6.45, 7) is 0.962. The average Bonchev–Trinajstić information content (AvgIpc) is 2.31. The molecule has 2 rings (SSSR count). The van der Waals surface area contributed by atoms with Gasteiger partial charge in [0, 0.05) is 35.5 Å². The molecule has 0 atom stereocenters. The van der Waals surface area contributed by atoms with Crippen LogP contribution in [0, 0.1) is 0 Å². The van der Waals surface area contributed by atoms with Gasteiger partial charge in [-0.25, -0.2) is 0 Å². The van der Waals surface area contributed by atoms with Gasteiger partial charge < -0.3 is 15.1 Å². The third-order valence-corrected chi connectivity index (χ3v) is 3.99. The van der Waals surface area contributed by atoms with E-state index in [2.05, 4.69) is 4.90 Å². The van der Waals surface area contributed by atoms with E-state index in [1.807, 2.05) is 18.2 Å². The molecule has 0 amide bonds. The Bertz CT molecular complexity index is 393. The minimum atomic E-state index is -0.0443.